The van der Waals surface area contributed by atoms with Crippen molar-refractivity contribution in [2.75, 3.05) is 0 Å². The van der Waals surface area contributed by atoms with Gasteiger partial charge in [-0.2, -0.15) is 0 Å². The van der Waals surface area contributed by atoms with Crippen LogP contribution in [0.15, 0.2) is 30.3 Å². The molecule has 0 aliphatic heterocycles. The summed E-state index contributed by atoms with van der Waals surface area (Å²) in [6.07, 6.45) is -1.02. The molecule has 2 rings (SSSR count). The summed E-state index contributed by atoms with van der Waals surface area (Å²) in [4.78, 5) is 36.9. The molecule has 0 atom stereocenters. The normalized spacial score (nSPS) is 15.8. The van der Waals surface area contributed by atoms with Crippen LogP contribution in [-0.2, 0) is 30.4 Å². The molecule has 0 unspecified atom stereocenters. The molecule has 1 amide bonds. The van der Waals surface area contributed by atoms with Crippen LogP contribution in [0.1, 0.15) is 46.1 Å². The molecular weight excluding hydrogens is 350 g/mol. The second-order valence-electron chi connectivity index (χ2n) is 7.30. The molecule has 1 aliphatic rings. The monoisotopic (exact) mass is 377 g/mol. The lowest BCUT2D eigenvalue weighted by molar-refractivity contribution is -0.186. The van der Waals surface area contributed by atoms with E-state index in [-0.39, 0.29) is 37.7 Å². The Morgan fingerprint density at radius 2 is 1.52 bits per heavy atom. The highest BCUT2D eigenvalue weighted by Gasteiger charge is 2.59. The Morgan fingerprint density at radius 3 is 2.00 bits per heavy atom. The number of ether oxygens (including phenoxy) is 3. The second kappa shape index (κ2) is 8.88. The van der Waals surface area contributed by atoms with Crippen molar-refractivity contribution in [3.63, 3.8) is 0 Å². The van der Waals surface area contributed by atoms with Gasteiger partial charge in [-0.1, -0.05) is 30.3 Å². The number of rotatable bonds is 7. The minimum atomic E-state index is -1.37. The smallest absolute Gasteiger partial charge is 0.407 e. The van der Waals surface area contributed by atoms with E-state index >= 15 is 0 Å². The molecule has 27 heavy (non-hydrogen) atoms. The molecule has 0 heterocycles. The summed E-state index contributed by atoms with van der Waals surface area (Å²) in [5.41, 5.74) is -0.497. The van der Waals surface area contributed by atoms with E-state index in [0.717, 1.165) is 5.56 Å². The maximum absolute atomic E-state index is 12.5. The predicted octanol–water partition coefficient (Wildman–Crippen LogP) is 2.96. The zero-order valence-corrected chi connectivity index (χ0v) is 16.2. The second-order valence-corrected chi connectivity index (χ2v) is 7.30. The highest BCUT2D eigenvalue weighted by atomic mass is 16.6. The fraction of sp³-hybridized carbons (Fsp3) is 0.550. The van der Waals surface area contributed by atoms with E-state index in [0.29, 0.717) is 0 Å². The van der Waals surface area contributed by atoms with Crippen molar-refractivity contribution in [3.05, 3.63) is 35.9 Å². The zero-order valence-electron chi connectivity index (χ0n) is 16.2. The maximum Gasteiger partial charge on any atom is 0.407 e. The van der Waals surface area contributed by atoms with Gasteiger partial charge in [0.25, 0.3) is 0 Å². The molecule has 7 heteroatoms. The molecule has 0 radical (unpaired) electrons. The molecule has 7 nitrogen and oxygen atoms in total. The summed E-state index contributed by atoms with van der Waals surface area (Å²) in [6.45, 7) is 7.02. The Balaban J connectivity index is 1.91. The van der Waals surface area contributed by atoms with Gasteiger partial charge in [-0.05, 0) is 46.1 Å². The van der Waals surface area contributed by atoms with Crippen LogP contribution in [0.4, 0.5) is 4.79 Å². The summed E-state index contributed by atoms with van der Waals surface area (Å²) < 4.78 is 15.6. The summed E-state index contributed by atoms with van der Waals surface area (Å²) in [6, 6.07) is 8.95. The Labute approximate surface area is 159 Å². The Bertz CT molecular complexity index is 640. The largest absolute Gasteiger partial charge is 0.462 e. The first-order valence-electron chi connectivity index (χ1n) is 9.12. The molecule has 1 aromatic rings. The number of amides is 1. The van der Waals surface area contributed by atoms with Crippen LogP contribution >= 0.6 is 0 Å². The summed E-state index contributed by atoms with van der Waals surface area (Å²) in [5, 5.41) is 2.68. The average Bonchev–Trinajstić information content (AvgIpc) is 2.55. The van der Waals surface area contributed by atoms with Crippen LogP contribution in [0.25, 0.3) is 0 Å². The third-order valence-electron chi connectivity index (χ3n) is 4.19. The maximum atomic E-state index is 12.5. The van der Waals surface area contributed by atoms with Crippen molar-refractivity contribution >= 4 is 18.0 Å². The van der Waals surface area contributed by atoms with Crippen LogP contribution in [-0.4, -0.2) is 36.3 Å². The van der Waals surface area contributed by atoms with Crippen molar-refractivity contribution in [3.8, 4) is 0 Å². The minimum absolute atomic E-state index is 0.130. The van der Waals surface area contributed by atoms with Gasteiger partial charge in [0.1, 0.15) is 6.61 Å². The number of benzene rings is 1. The molecule has 0 aromatic heterocycles. The van der Waals surface area contributed by atoms with Gasteiger partial charge in [0.2, 0.25) is 0 Å². The van der Waals surface area contributed by atoms with Crippen molar-refractivity contribution in [1.82, 2.24) is 5.32 Å². The first kappa shape index (κ1) is 20.7. The van der Waals surface area contributed by atoms with Crippen LogP contribution in [0.3, 0.4) is 0 Å². The van der Waals surface area contributed by atoms with Gasteiger partial charge >= 0.3 is 18.0 Å². The molecule has 1 aromatic carbocycles. The standard InChI is InChI=1S/C20H27NO6/c1-13(2)26-17(22)20(18(23)27-14(3)4)10-16(11-20)21-19(24)25-12-15-8-6-5-7-9-15/h5-9,13-14,16H,10-12H2,1-4H3,(H,21,24). The number of alkyl carbamates (subject to hydrolysis) is 1. The van der Waals surface area contributed by atoms with Crippen molar-refractivity contribution in [1.29, 1.82) is 0 Å². The molecular formula is C20H27NO6. The predicted molar refractivity (Wildman–Crippen MR) is 97.7 cm³/mol. The first-order valence-corrected chi connectivity index (χ1v) is 9.12. The minimum Gasteiger partial charge on any atom is -0.462 e. The van der Waals surface area contributed by atoms with Gasteiger partial charge in [0.05, 0.1) is 12.2 Å². The van der Waals surface area contributed by atoms with Gasteiger partial charge < -0.3 is 19.5 Å². The highest BCUT2D eigenvalue weighted by Crippen LogP contribution is 2.44. The molecule has 0 bridgehead atoms. The summed E-state index contributed by atoms with van der Waals surface area (Å²) in [5.74, 6) is -1.22. The molecule has 0 saturated heterocycles. The Kier molecular flexibility index (Phi) is 6.82. The molecule has 148 valence electrons. The molecule has 1 N–H and O–H groups in total. The summed E-state index contributed by atoms with van der Waals surface area (Å²) in [7, 11) is 0. The topological polar surface area (TPSA) is 90.9 Å². The van der Waals surface area contributed by atoms with E-state index in [1.165, 1.54) is 0 Å². The fourth-order valence-corrected chi connectivity index (χ4v) is 2.89. The van der Waals surface area contributed by atoms with Crippen LogP contribution < -0.4 is 5.32 Å². The van der Waals surface area contributed by atoms with E-state index in [4.69, 9.17) is 14.2 Å². The lowest BCUT2D eigenvalue weighted by Gasteiger charge is -2.43. The molecule has 1 saturated carbocycles. The van der Waals surface area contributed by atoms with Gasteiger partial charge in [-0.15, -0.1) is 0 Å². The third kappa shape index (κ3) is 5.45. The van der Waals surface area contributed by atoms with Crippen molar-refractivity contribution < 1.29 is 28.6 Å². The lowest BCUT2D eigenvalue weighted by atomic mass is 9.65. The Hall–Kier alpha value is -2.57. The number of hydrogen-bond donors (Lipinski definition) is 1. The van der Waals surface area contributed by atoms with Crippen LogP contribution in [0.2, 0.25) is 0 Å². The third-order valence-corrected chi connectivity index (χ3v) is 4.19. The SMILES string of the molecule is CC(C)OC(=O)C1(C(=O)OC(C)C)CC(NC(=O)OCc2ccccc2)C1. The number of carbonyl (C=O) groups excluding carboxylic acids is 3. The molecule has 1 aliphatic carbocycles. The average molecular weight is 377 g/mol. The lowest BCUT2D eigenvalue weighted by Crippen LogP contribution is -2.59. The quantitative estimate of drug-likeness (QED) is 0.446. The summed E-state index contributed by atoms with van der Waals surface area (Å²) >= 11 is 0. The van der Waals surface area contributed by atoms with Gasteiger partial charge in [-0.25, -0.2) is 4.79 Å². The Morgan fingerprint density at radius 1 is 1.00 bits per heavy atom. The van der Waals surface area contributed by atoms with Crippen molar-refractivity contribution in [2.45, 2.75) is 65.4 Å². The van der Waals surface area contributed by atoms with Gasteiger partial charge in [-0.3, -0.25) is 9.59 Å². The van der Waals surface area contributed by atoms with Crippen molar-refractivity contribution in [2.24, 2.45) is 5.41 Å². The number of nitrogens with one attached hydrogen (secondary N) is 1. The van der Waals surface area contributed by atoms with Gasteiger partial charge in [0, 0.05) is 6.04 Å². The first-order chi connectivity index (χ1) is 12.7. The molecule has 0 spiro atoms. The number of hydrogen-bond acceptors (Lipinski definition) is 6. The number of esters is 2. The highest BCUT2D eigenvalue weighted by molar-refractivity contribution is 6.01. The van der Waals surface area contributed by atoms with E-state index in [2.05, 4.69) is 5.32 Å². The number of carbonyl (C=O) groups is 3. The van der Waals surface area contributed by atoms with E-state index in [9.17, 15) is 14.4 Å². The fourth-order valence-electron chi connectivity index (χ4n) is 2.89. The zero-order chi connectivity index (χ0) is 20.0. The van der Waals surface area contributed by atoms with E-state index in [1.54, 1.807) is 27.7 Å². The van der Waals surface area contributed by atoms with Crippen LogP contribution in [0, 0.1) is 5.41 Å². The van der Waals surface area contributed by atoms with Crippen LogP contribution in [0.5, 0.6) is 0 Å². The van der Waals surface area contributed by atoms with Gasteiger partial charge in [0.15, 0.2) is 5.41 Å². The van der Waals surface area contributed by atoms with E-state index < -0.39 is 23.4 Å². The molecule has 1 fully saturated rings. The van der Waals surface area contributed by atoms with E-state index in [1.807, 2.05) is 30.3 Å².